The number of halogens is 1. The van der Waals surface area contributed by atoms with E-state index in [0.717, 1.165) is 23.8 Å². The van der Waals surface area contributed by atoms with Crippen molar-refractivity contribution in [1.29, 1.82) is 0 Å². The molecule has 0 atom stereocenters. The summed E-state index contributed by atoms with van der Waals surface area (Å²) in [7, 11) is -4.49. The molecule has 0 saturated carbocycles. The molecule has 0 amide bonds. The second-order valence-electron chi connectivity index (χ2n) is 4.75. The van der Waals surface area contributed by atoms with Crippen LogP contribution >= 0.6 is 20.2 Å². The molecule has 2 rings (SSSR count). The molecular weight excluding hydrogens is 403 g/mol. The predicted molar refractivity (Wildman–Crippen MR) is 91.1 cm³/mol. The van der Waals surface area contributed by atoms with E-state index in [9.17, 15) is 8.42 Å². The Hall–Kier alpha value is -0.960. The maximum atomic E-state index is 11.3. The first-order valence-corrected chi connectivity index (χ1v) is 10.7. The van der Waals surface area contributed by atoms with E-state index < -0.39 is 30.6 Å². The van der Waals surface area contributed by atoms with Gasteiger partial charge in [-0.3, -0.25) is 0 Å². The van der Waals surface area contributed by atoms with Gasteiger partial charge in [0.05, 0.1) is 0 Å². The quantitative estimate of drug-likeness (QED) is 0.602. The van der Waals surface area contributed by atoms with Gasteiger partial charge in [0, 0.05) is 0 Å². The molecule has 0 aliphatic heterocycles. The minimum atomic E-state index is -4.49. The average molecular weight is 420 g/mol. The van der Waals surface area contributed by atoms with Gasteiger partial charge in [0.15, 0.2) is 0 Å². The average Bonchev–Trinajstić information content (AvgIpc) is 2.36. The van der Waals surface area contributed by atoms with Gasteiger partial charge < -0.3 is 0 Å². The van der Waals surface area contributed by atoms with Crippen LogP contribution in [0.3, 0.4) is 0 Å². The summed E-state index contributed by atoms with van der Waals surface area (Å²) < 4.78 is 38.5. The Morgan fingerprint density at radius 1 is 1.00 bits per heavy atom. The van der Waals surface area contributed by atoms with Crippen LogP contribution in [0, 0.1) is 27.9 Å². The summed E-state index contributed by atoms with van der Waals surface area (Å²) in [6.07, 6.45) is 0. The van der Waals surface area contributed by atoms with Crippen LogP contribution in [0.1, 0.15) is 16.7 Å². The molecule has 0 fully saturated rings. The molecule has 21 heavy (non-hydrogen) atoms. The molecule has 0 radical (unpaired) electrons. The monoisotopic (exact) mass is 420 g/mol. The Kier molecular flexibility index (Phi) is 5.03. The van der Waals surface area contributed by atoms with Crippen molar-refractivity contribution >= 4 is 30.6 Å². The Bertz CT molecular complexity index is 719. The molecule has 0 aliphatic rings. The zero-order valence-corrected chi connectivity index (χ0v) is 15.0. The number of benzene rings is 2. The van der Waals surface area contributed by atoms with Crippen LogP contribution in [0.2, 0.25) is 0 Å². The summed E-state index contributed by atoms with van der Waals surface area (Å²) in [5.74, 6) is 0. The molecule has 6 heteroatoms. The molecule has 0 saturated heterocycles. The van der Waals surface area contributed by atoms with Crippen molar-refractivity contribution in [3.05, 3.63) is 66.3 Å². The van der Waals surface area contributed by atoms with E-state index >= 15 is 0 Å². The van der Waals surface area contributed by atoms with Crippen LogP contribution in [0.5, 0.6) is 0 Å². The van der Waals surface area contributed by atoms with E-state index in [4.69, 9.17) is 7.07 Å². The van der Waals surface area contributed by atoms with Crippen molar-refractivity contribution < 1.29 is 15.5 Å². The molecule has 2 aromatic carbocycles. The van der Waals surface area contributed by atoms with Crippen LogP contribution in [0.4, 0.5) is 0 Å². The predicted octanol–water partition coefficient (Wildman–Crippen LogP) is 3.89. The van der Waals surface area contributed by atoms with Gasteiger partial charge in [0.1, 0.15) is 0 Å². The van der Waals surface area contributed by atoms with Gasteiger partial charge >= 0.3 is 133 Å². The standard InChI is InChI=1S/C15H17IO4S/c1-11-9-12(2)15(13(3)10-11)16(20-21(17,18)19)14-7-5-4-6-8-14/h4-10H,1-3H3,(H,17,18,19). The topological polar surface area (TPSA) is 63.6 Å². The molecule has 0 bridgehead atoms. The molecule has 0 heterocycles. The van der Waals surface area contributed by atoms with Gasteiger partial charge in [-0.25, -0.2) is 0 Å². The van der Waals surface area contributed by atoms with Gasteiger partial charge in [-0.15, -0.1) is 0 Å². The van der Waals surface area contributed by atoms with Gasteiger partial charge in [0.2, 0.25) is 0 Å². The third-order valence-electron chi connectivity index (χ3n) is 2.83. The maximum absolute atomic E-state index is 11.3. The van der Waals surface area contributed by atoms with Gasteiger partial charge in [-0.05, 0) is 0 Å². The van der Waals surface area contributed by atoms with Crippen LogP contribution in [-0.2, 0) is 12.9 Å². The van der Waals surface area contributed by atoms with Crippen molar-refractivity contribution in [3.63, 3.8) is 0 Å². The van der Waals surface area contributed by atoms with Crippen molar-refractivity contribution in [2.24, 2.45) is 0 Å². The van der Waals surface area contributed by atoms with Crippen molar-refractivity contribution in [1.82, 2.24) is 0 Å². The third-order valence-corrected chi connectivity index (χ3v) is 10.1. The van der Waals surface area contributed by atoms with E-state index in [2.05, 4.69) is 0 Å². The van der Waals surface area contributed by atoms with Crippen molar-refractivity contribution in [2.75, 3.05) is 0 Å². The normalized spacial score (nSPS) is 12.3. The molecule has 114 valence electrons. The van der Waals surface area contributed by atoms with Crippen molar-refractivity contribution in [3.8, 4) is 0 Å². The fraction of sp³-hybridized carbons (Fsp3) is 0.200. The molecule has 2 aromatic rings. The van der Waals surface area contributed by atoms with Crippen LogP contribution < -0.4 is 0 Å². The first-order valence-electron chi connectivity index (χ1n) is 6.28. The van der Waals surface area contributed by atoms with Gasteiger partial charge in [-0.2, -0.15) is 0 Å². The number of rotatable bonds is 4. The number of hydrogen-bond donors (Lipinski definition) is 1. The number of hydrogen-bond acceptors (Lipinski definition) is 3. The SMILES string of the molecule is Cc1cc(C)c(I(OS(=O)(=O)O)c2ccccc2)c(C)c1. The first kappa shape index (κ1) is 16.4. The summed E-state index contributed by atoms with van der Waals surface area (Å²) in [4.78, 5) is 0. The van der Waals surface area contributed by atoms with Gasteiger partial charge in [-0.1, -0.05) is 0 Å². The second-order valence-corrected chi connectivity index (χ2v) is 10.6. The van der Waals surface area contributed by atoms with E-state index in [1.165, 1.54) is 0 Å². The van der Waals surface area contributed by atoms with Crippen LogP contribution in [-0.4, -0.2) is 13.0 Å². The molecule has 0 aromatic heterocycles. The molecule has 0 unspecified atom stereocenters. The molecule has 0 aliphatic carbocycles. The Morgan fingerprint density at radius 3 is 2.00 bits per heavy atom. The summed E-state index contributed by atoms with van der Waals surface area (Å²) in [6.45, 7) is 5.88. The summed E-state index contributed by atoms with van der Waals surface area (Å²) in [6, 6.07) is 13.2. The summed E-state index contributed by atoms with van der Waals surface area (Å²) >= 11 is -2.72. The van der Waals surface area contributed by atoms with E-state index in [0.29, 0.717) is 0 Å². The Morgan fingerprint density at radius 2 is 1.52 bits per heavy atom. The summed E-state index contributed by atoms with van der Waals surface area (Å²) in [5.41, 5.74) is 3.10. The second kappa shape index (κ2) is 6.43. The van der Waals surface area contributed by atoms with E-state index in [1.54, 1.807) is 0 Å². The Balaban J connectivity index is 2.61. The first-order chi connectivity index (χ1) is 9.78. The molecule has 0 spiro atoms. The van der Waals surface area contributed by atoms with Crippen LogP contribution in [0.25, 0.3) is 0 Å². The Labute approximate surface area is 133 Å². The molecule has 4 nitrogen and oxygen atoms in total. The van der Waals surface area contributed by atoms with Crippen molar-refractivity contribution in [2.45, 2.75) is 20.8 Å². The minimum absolute atomic E-state index is 0.828. The third kappa shape index (κ3) is 4.26. The number of aryl methyl sites for hydroxylation is 3. The van der Waals surface area contributed by atoms with Gasteiger partial charge in [0.25, 0.3) is 0 Å². The zero-order chi connectivity index (χ0) is 15.6. The molecule has 1 N–H and O–H groups in total. The summed E-state index contributed by atoms with van der Waals surface area (Å²) in [5, 5.41) is 0. The fourth-order valence-corrected chi connectivity index (χ4v) is 8.59. The molecular formula is C15H17IO4S. The van der Waals surface area contributed by atoms with Crippen LogP contribution in [0.15, 0.2) is 42.5 Å². The fourth-order valence-electron chi connectivity index (χ4n) is 2.22. The zero-order valence-electron chi connectivity index (χ0n) is 12.0. The van der Waals surface area contributed by atoms with E-state index in [-0.39, 0.29) is 0 Å². The van der Waals surface area contributed by atoms with E-state index in [1.807, 2.05) is 63.2 Å².